The topological polar surface area (TPSA) is 170 Å². The van der Waals surface area contributed by atoms with E-state index in [1.807, 2.05) is 25.1 Å². The number of nitrogens with one attached hydrogen (secondary N) is 3. The third kappa shape index (κ3) is 10.7. The first-order chi connectivity index (χ1) is 18.8. The van der Waals surface area contributed by atoms with E-state index in [1.54, 1.807) is 0 Å². The number of hydrogen-bond acceptors (Lipinski definition) is 9. The lowest BCUT2D eigenvalue weighted by Gasteiger charge is -2.19. The van der Waals surface area contributed by atoms with Gasteiger partial charge in [0.15, 0.2) is 0 Å². The Labute approximate surface area is 226 Å². The van der Waals surface area contributed by atoms with Crippen LogP contribution in [-0.2, 0) is 23.9 Å². The molecule has 0 bridgehead atoms. The van der Waals surface area contributed by atoms with E-state index >= 15 is 0 Å². The van der Waals surface area contributed by atoms with Gasteiger partial charge in [-0.15, -0.1) is 0 Å². The van der Waals surface area contributed by atoms with Crippen molar-refractivity contribution >= 4 is 35.3 Å². The van der Waals surface area contributed by atoms with Crippen LogP contribution in [0.1, 0.15) is 48.5 Å². The van der Waals surface area contributed by atoms with E-state index in [9.17, 15) is 42.5 Å². The number of hydrogen-bond donors (Lipinski definition) is 3. The zero-order chi connectivity index (χ0) is 29.9. The molecule has 216 valence electrons. The van der Waals surface area contributed by atoms with Crippen molar-refractivity contribution in [1.29, 1.82) is 0 Å². The number of nitrogens with zero attached hydrogens (tertiary/aromatic N) is 2. The van der Waals surface area contributed by atoms with Gasteiger partial charge in [-0.05, 0) is 44.4 Å². The third-order valence-electron chi connectivity index (χ3n) is 5.45. The minimum atomic E-state index is -5.42. The van der Waals surface area contributed by atoms with E-state index in [1.165, 1.54) is 19.1 Å². The van der Waals surface area contributed by atoms with Gasteiger partial charge in [-0.2, -0.15) is 13.2 Å². The molecule has 0 aliphatic heterocycles. The molecular formula is C25H28F3N5O7. The van der Waals surface area contributed by atoms with E-state index in [2.05, 4.69) is 25.7 Å². The first kappa shape index (κ1) is 31.7. The highest BCUT2D eigenvalue weighted by Crippen LogP contribution is 2.26. The molecule has 15 heteroatoms. The molecule has 0 saturated carbocycles. The number of unbranched alkanes of at least 4 members (excludes halogenated alkanes) is 1. The number of alkyl halides is 3. The van der Waals surface area contributed by atoms with Crippen LogP contribution in [0.25, 0.3) is 0 Å². The Morgan fingerprint density at radius 2 is 1.80 bits per heavy atom. The summed E-state index contributed by atoms with van der Waals surface area (Å²) in [4.78, 5) is 62.4. The van der Waals surface area contributed by atoms with Crippen LogP contribution >= 0.6 is 0 Å². The van der Waals surface area contributed by atoms with Crippen molar-refractivity contribution in [3.05, 3.63) is 63.3 Å². The molecule has 1 unspecified atom stereocenters. The van der Waals surface area contributed by atoms with Crippen LogP contribution in [0.2, 0.25) is 0 Å². The third-order valence-corrected chi connectivity index (χ3v) is 5.45. The maximum absolute atomic E-state index is 12.5. The molecule has 0 aliphatic rings. The number of carbonyl (C=O) groups excluding carboxylic acids is 4. The molecular weight excluding hydrogens is 539 g/mol. The van der Waals surface area contributed by atoms with Crippen LogP contribution in [0.15, 0.2) is 36.4 Å². The molecule has 1 atom stereocenters. The summed E-state index contributed by atoms with van der Waals surface area (Å²) in [7, 11) is 0. The zero-order valence-corrected chi connectivity index (χ0v) is 21.7. The smallest absolute Gasteiger partial charge is 0.386 e. The highest BCUT2D eigenvalue weighted by atomic mass is 19.4. The summed E-state index contributed by atoms with van der Waals surface area (Å²) in [6.45, 7) is 3.34. The lowest BCUT2D eigenvalue weighted by Crippen LogP contribution is -2.39. The fourth-order valence-electron chi connectivity index (χ4n) is 3.44. The van der Waals surface area contributed by atoms with Crippen LogP contribution < -0.4 is 16.0 Å². The minimum Gasteiger partial charge on any atom is -0.386 e. The largest absolute Gasteiger partial charge is 0.491 e. The number of aryl methyl sites for hydroxylation is 2. The van der Waals surface area contributed by atoms with Crippen LogP contribution in [0.3, 0.4) is 0 Å². The Bertz CT molecular complexity index is 1250. The Balaban J connectivity index is 1.92. The van der Waals surface area contributed by atoms with E-state index in [-0.39, 0.29) is 23.2 Å². The van der Waals surface area contributed by atoms with Gasteiger partial charge in [-0.1, -0.05) is 18.2 Å². The zero-order valence-electron chi connectivity index (χ0n) is 21.7. The quantitative estimate of drug-likeness (QED) is 0.108. The van der Waals surface area contributed by atoms with Crippen molar-refractivity contribution in [2.45, 2.75) is 51.7 Å². The normalized spacial score (nSPS) is 11.7. The monoisotopic (exact) mass is 567 g/mol. The molecule has 0 spiro atoms. The van der Waals surface area contributed by atoms with Gasteiger partial charge in [0.25, 0.3) is 5.69 Å². The summed E-state index contributed by atoms with van der Waals surface area (Å²) in [5.74, 6) is -4.92. The summed E-state index contributed by atoms with van der Waals surface area (Å²) in [6.07, 6.45) is -5.11. The van der Waals surface area contributed by atoms with Gasteiger partial charge in [0, 0.05) is 30.3 Å². The summed E-state index contributed by atoms with van der Waals surface area (Å²) in [5.41, 5.74) is 0.755. The lowest BCUT2D eigenvalue weighted by molar-refractivity contribution is -0.385. The molecule has 0 aliphatic carbocycles. The van der Waals surface area contributed by atoms with Crippen molar-refractivity contribution in [2.24, 2.45) is 0 Å². The fraction of sp³-hybridized carbons (Fsp3) is 0.400. The van der Waals surface area contributed by atoms with Gasteiger partial charge in [-0.25, -0.2) is 9.78 Å². The fourth-order valence-corrected chi connectivity index (χ4v) is 3.44. The highest BCUT2D eigenvalue weighted by molar-refractivity contribution is 5.89. The second-order valence-electron chi connectivity index (χ2n) is 8.71. The number of pyridine rings is 1. The van der Waals surface area contributed by atoms with Gasteiger partial charge in [-0.3, -0.25) is 24.5 Å². The van der Waals surface area contributed by atoms with E-state index < -0.39 is 53.9 Å². The number of ether oxygens (including phenoxy) is 1. The average molecular weight is 568 g/mol. The predicted molar refractivity (Wildman–Crippen MR) is 135 cm³/mol. The van der Waals surface area contributed by atoms with Gasteiger partial charge in [0.05, 0.1) is 23.9 Å². The number of nitro groups is 1. The highest BCUT2D eigenvalue weighted by Gasteiger charge is 2.42. The molecule has 0 fully saturated rings. The van der Waals surface area contributed by atoms with Crippen molar-refractivity contribution in [3.8, 4) is 0 Å². The summed E-state index contributed by atoms with van der Waals surface area (Å²) >= 11 is 0. The maximum Gasteiger partial charge on any atom is 0.491 e. The number of esters is 2. The van der Waals surface area contributed by atoms with Crippen LogP contribution in [0.5, 0.6) is 0 Å². The van der Waals surface area contributed by atoms with Crippen molar-refractivity contribution in [1.82, 2.24) is 15.6 Å². The number of aromatic nitrogens is 1. The standard InChI is InChI=1S/C25H28F3N5O7/c1-15-9-10-17(12-19(15)33(38)39)18(13-23(36)40-24(37)25(26,27)28)32-22(35)14-30-21(34)8-3-4-11-29-20-7-5-6-16(2)31-20/h5-7,9-10,12,18H,3-4,8,11,13-14H2,1-2H3,(H,29,31)(H,30,34)(H,32,35). The molecule has 3 N–H and O–H groups in total. The van der Waals surface area contributed by atoms with E-state index in [0.29, 0.717) is 25.2 Å². The molecule has 0 radical (unpaired) electrons. The lowest BCUT2D eigenvalue weighted by atomic mass is 10.0. The molecule has 40 heavy (non-hydrogen) atoms. The summed E-state index contributed by atoms with van der Waals surface area (Å²) < 4.78 is 41.1. The average Bonchev–Trinajstić information content (AvgIpc) is 2.86. The molecule has 1 aromatic heterocycles. The van der Waals surface area contributed by atoms with Crippen molar-refractivity contribution < 1.29 is 42.0 Å². The van der Waals surface area contributed by atoms with Gasteiger partial charge in [0.2, 0.25) is 11.8 Å². The molecule has 1 aromatic carbocycles. The second-order valence-corrected chi connectivity index (χ2v) is 8.71. The number of carbonyl (C=O) groups is 4. The number of anilines is 1. The number of rotatable bonds is 13. The first-order valence-corrected chi connectivity index (χ1v) is 12.1. The summed E-state index contributed by atoms with van der Waals surface area (Å²) in [6, 6.07) is 7.83. The number of benzene rings is 1. The van der Waals surface area contributed by atoms with Gasteiger partial charge >= 0.3 is 18.1 Å². The van der Waals surface area contributed by atoms with E-state index in [4.69, 9.17) is 0 Å². The van der Waals surface area contributed by atoms with Crippen LogP contribution in [-0.4, -0.2) is 52.9 Å². The molecule has 12 nitrogen and oxygen atoms in total. The molecule has 1 heterocycles. The van der Waals surface area contributed by atoms with E-state index in [0.717, 1.165) is 11.8 Å². The molecule has 0 saturated heterocycles. The molecule has 2 rings (SSSR count). The Kier molecular flexibility index (Phi) is 11.5. The van der Waals surface area contributed by atoms with Crippen molar-refractivity contribution in [2.75, 3.05) is 18.4 Å². The van der Waals surface area contributed by atoms with Crippen LogP contribution in [0.4, 0.5) is 24.7 Å². The molecule has 2 aromatic rings. The SMILES string of the molecule is Cc1cccc(NCCCCC(=O)NCC(=O)NC(CC(=O)OC(=O)C(F)(F)F)c2ccc(C)c([N+](=O)[O-])c2)n1. The van der Waals surface area contributed by atoms with Gasteiger partial charge in [0.1, 0.15) is 5.82 Å². The Morgan fingerprint density at radius 1 is 1.07 bits per heavy atom. The van der Waals surface area contributed by atoms with Gasteiger partial charge < -0.3 is 20.7 Å². The van der Waals surface area contributed by atoms with Crippen LogP contribution in [0, 0.1) is 24.0 Å². The summed E-state index contributed by atoms with van der Waals surface area (Å²) in [5, 5.41) is 19.1. The Hall–Kier alpha value is -4.56. The number of amides is 2. The Morgan fingerprint density at radius 3 is 2.45 bits per heavy atom. The predicted octanol–water partition coefficient (Wildman–Crippen LogP) is 3.18. The first-order valence-electron chi connectivity index (χ1n) is 12.1. The second kappa shape index (κ2) is 14.6. The number of halogens is 3. The maximum atomic E-state index is 12.5. The van der Waals surface area contributed by atoms with Crippen molar-refractivity contribution in [3.63, 3.8) is 0 Å². The number of nitro benzene ring substituents is 1. The molecule has 2 amide bonds. The minimum absolute atomic E-state index is 0.00369.